The van der Waals surface area contributed by atoms with E-state index in [4.69, 9.17) is 4.74 Å². The number of fused-ring (bicyclic) bond motifs is 1. The van der Waals surface area contributed by atoms with Crippen molar-refractivity contribution < 1.29 is 9.53 Å². The van der Waals surface area contributed by atoms with Gasteiger partial charge in [0.15, 0.2) is 0 Å². The number of ether oxygens (including phenoxy) is 1. The first-order valence-corrected chi connectivity index (χ1v) is 10.8. The minimum atomic E-state index is 0.177. The van der Waals surface area contributed by atoms with E-state index in [2.05, 4.69) is 45.6 Å². The van der Waals surface area contributed by atoms with Crippen LogP contribution in [0.1, 0.15) is 25.1 Å². The van der Waals surface area contributed by atoms with Crippen LogP contribution in [-0.4, -0.2) is 53.6 Å². The number of hydrogen-bond donors (Lipinski definition) is 1. The lowest BCUT2D eigenvalue weighted by Crippen LogP contribution is -2.42. The third-order valence-corrected chi connectivity index (χ3v) is 6.35. The highest BCUT2D eigenvalue weighted by atomic mass is 32.1. The van der Waals surface area contributed by atoms with Gasteiger partial charge in [-0.05, 0) is 31.4 Å². The van der Waals surface area contributed by atoms with Crippen molar-refractivity contribution in [1.82, 2.24) is 14.9 Å². The zero-order chi connectivity index (χ0) is 20.2. The molecule has 2 aromatic heterocycles. The van der Waals surface area contributed by atoms with E-state index in [0.717, 1.165) is 47.8 Å². The fraction of sp³-hybridized carbons (Fsp3) is 0.409. The molecule has 0 unspecified atom stereocenters. The summed E-state index contributed by atoms with van der Waals surface area (Å²) >= 11 is 1.70. The fourth-order valence-electron chi connectivity index (χ4n) is 3.70. The molecule has 1 aromatic carbocycles. The van der Waals surface area contributed by atoms with Gasteiger partial charge in [-0.2, -0.15) is 0 Å². The summed E-state index contributed by atoms with van der Waals surface area (Å²) in [5.41, 5.74) is 1.20. The monoisotopic (exact) mass is 410 g/mol. The molecule has 1 aliphatic heterocycles. The number of carbonyl (C=O) groups is 1. The number of benzene rings is 1. The molecular weight excluding hydrogens is 384 g/mol. The first-order chi connectivity index (χ1) is 14.1. The van der Waals surface area contributed by atoms with E-state index in [9.17, 15) is 4.79 Å². The molecule has 1 N–H and O–H groups in total. The molecule has 1 aliphatic rings. The van der Waals surface area contributed by atoms with Gasteiger partial charge in [-0.3, -0.25) is 4.79 Å². The van der Waals surface area contributed by atoms with E-state index in [1.54, 1.807) is 18.4 Å². The van der Waals surface area contributed by atoms with Crippen molar-refractivity contribution in [2.24, 2.45) is 0 Å². The number of rotatable bonds is 6. The second-order valence-corrected chi connectivity index (χ2v) is 8.39. The molecule has 6 nitrogen and oxygen atoms in total. The van der Waals surface area contributed by atoms with Gasteiger partial charge >= 0.3 is 0 Å². The molecule has 7 heteroatoms. The number of methoxy groups -OCH3 is 1. The summed E-state index contributed by atoms with van der Waals surface area (Å²) in [6.07, 6.45) is 2.29. The highest BCUT2D eigenvalue weighted by molar-refractivity contribution is 7.21. The molecule has 3 heterocycles. The van der Waals surface area contributed by atoms with Crippen molar-refractivity contribution in [2.45, 2.75) is 32.2 Å². The number of aryl methyl sites for hydroxylation is 1. The van der Waals surface area contributed by atoms with Crippen molar-refractivity contribution in [3.63, 3.8) is 0 Å². The third kappa shape index (κ3) is 4.57. The van der Waals surface area contributed by atoms with Crippen LogP contribution in [0, 0.1) is 6.92 Å². The molecular formula is C22H26N4O2S. The number of likely N-dealkylation sites (tertiary alicyclic amines) is 1. The summed E-state index contributed by atoms with van der Waals surface area (Å²) in [6, 6.07) is 12.9. The van der Waals surface area contributed by atoms with Gasteiger partial charge in [0.25, 0.3) is 0 Å². The lowest BCUT2D eigenvalue weighted by molar-refractivity contribution is -0.133. The Balaban J connectivity index is 1.48. The first-order valence-electron chi connectivity index (χ1n) is 10.0. The molecule has 0 saturated carbocycles. The van der Waals surface area contributed by atoms with E-state index in [-0.39, 0.29) is 5.91 Å². The molecule has 29 heavy (non-hydrogen) atoms. The van der Waals surface area contributed by atoms with Crippen molar-refractivity contribution in [3.8, 4) is 10.4 Å². The van der Waals surface area contributed by atoms with Crippen LogP contribution in [0.25, 0.3) is 20.7 Å². The predicted molar refractivity (Wildman–Crippen MR) is 117 cm³/mol. The van der Waals surface area contributed by atoms with Crippen molar-refractivity contribution >= 4 is 33.3 Å². The number of nitrogens with one attached hydrogen (secondary N) is 1. The van der Waals surface area contributed by atoms with E-state index in [0.29, 0.717) is 19.1 Å². The van der Waals surface area contributed by atoms with Crippen LogP contribution < -0.4 is 5.32 Å². The minimum Gasteiger partial charge on any atom is -0.384 e. The second kappa shape index (κ2) is 8.88. The van der Waals surface area contributed by atoms with Crippen molar-refractivity contribution in [3.05, 3.63) is 42.2 Å². The molecule has 0 bridgehead atoms. The molecule has 0 atom stereocenters. The number of amides is 1. The number of thiophene rings is 1. The Bertz CT molecular complexity index is 981. The summed E-state index contributed by atoms with van der Waals surface area (Å²) < 4.78 is 5.02. The van der Waals surface area contributed by atoms with E-state index in [1.165, 1.54) is 10.4 Å². The average molecular weight is 411 g/mol. The molecule has 0 radical (unpaired) electrons. The second-order valence-electron chi connectivity index (χ2n) is 7.36. The Kier molecular flexibility index (Phi) is 6.06. The normalized spacial score (nSPS) is 15.0. The molecule has 1 amide bonds. The van der Waals surface area contributed by atoms with Crippen LogP contribution in [0.4, 0.5) is 5.82 Å². The average Bonchev–Trinajstić information content (AvgIpc) is 3.17. The molecule has 0 spiro atoms. The number of nitrogens with zero attached hydrogens (tertiary/aromatic N) is 3. The van der Waals surface area contributed by atoms with Crippen LogP contribution in [0.2, 0.25) is 0 Å². The smallest absolute Gasteiger partial charge is 0.224 e. The SMILES string of the molecule is COCCC(=O)N1CCC(Nc2nc(C)nc3sc(-c4ccccc4)cc23)CC1. The minimum absolute atomic E-state index is 0.177. The van der Waals surface area contributed by atoms with Gasteiger partial charge in [-0.1, -0.05) is 30.3 Å². The van der Waals surface area contributed by atoms with Gasteiger partial charge in [0.05, 0.1) is 18.4 Å². The highest BCUT2D eigenvalue weighted by Crippen LogP contribution is 2.35. The summed E-state index contributed by atoms with van der Waals surface area (Å²) in [5.74, 6) is 1.85. The molecule has 4 rings (SSSR count). The standard InChI is InChI=1S/C22H26N4O2S/c1-15-23-21(25-17-8-11-26(12-9-17)20(27)10-13-28-2)18-14-19(29-22(18)24-15)16-6-4-3-5-7-16/h3-7,14,17H,8-13H2,1-2H3,(H,23,24,25). The van der Waals surface area contributed by atoms with E-state index >= 15 is 0 Å². The summed E-state index contributed by atoms with van der Waals surface area (Å²) in [7, 11) is 1.63. The van der Waals surface area contributed by atoms with Gasteiger partial charge in [0, 0.05) is 31.1 Å². The fourth-order valence-corrected chi connectivity index (χ4v) is 4.78. The molecule has 152 valence electrons. The van der Waals surface area contributed by atoms with Crippen LogP contribution in [0.3, 0.4) is 0 Å². The Hall–Kier alpha value is -2.51. The van der Waals surface area contributed by atoms with Crippen LogP contribution in [-0.2, 0) is 9.53 Å². The Morgan fingerprint density at radius 2 is 2.00 bits per heavy atom. The summed E-state index contributed by atoms with van der Waals surface area (Å²) in [4.78, 5) is 25.7. The van der Waals surface area contributed by atoms with Crippen LogP contribution in [0.15, 0.2) is 36.4 Å². The highest BCUT2D eigenvalue weighted by Gasteiger charge is 2.23. The molecule has 0 aliphatic carbocycles. The Labute approximate surface area is 174 Å². The lowest BCUT2D eigenvalue weighted by Gasteiger charge is -2.32. The van der Waals surface area contributed by atoms with Crippen LogP contribution in [0.5, 0.6) is 0 Å². The third-order valence-electron chi connectivity index (χ3n) is 5.27. The maximum Gasteiger partial charge on any atom is 0.224 e. The quantitative estimate of drug-likeness (QED) is 0.662. The van der Waals surface area contributed by atoms with Gasteiger partial charge in [0.2, 0.25) is 5.91 Å². The maximum absolute atomic E-state index is 12.2. The Morgan fingerprint density at radius 3 is 2.72 bits per heavy atom. The summed E-state index contributed by atoms with van der Waals surface area (Å²) in [5, 5.41) is 4.69. The topological polar surface area (TPSA) is 67.3 Å². The predicted octanol–water partition coefficient (Wildman–Crippen LogP) is 4.11. The largest absolute Gasteiger partial charge is 0.384 e. The van der Waals surface area contributed by atoms with E-state index in [1.807, 2.05) is 17.9 Å². The van der Waals surface area contributed by atoms with Gasteiger partial charge < -0.3 is 15.0 Å². The maximum atomic E-state index is 12.2. The molecule has 1 saturated heterocycles. The Morgan fingerprint density at radius 1 is 1.24 bits per heavy atom. The van der Waals surface area contributed by atoms with E-state index < -0.39 is 0 Å². The first kappa shape index (κ1) is 19.8. The zero-order valence-corrected chi connectivity index (χ0v) is 17.7. The van der Waals surface area contributed by atoms with Crippen molar-refractivity contribution in [1.29, 1.82) is 0 Å². The number of piperidine rings is 1. The summed E-state index contributed by atoms with van der Waals surface area (Å²) in [6.45, 7) is 3.96. The van der Waals surface area contributed by atoms with Crippen LogP contribution >= 0.6 is 11.3 Å². The molecule has 3 aromatic rings. The number of anilines is 1. The zero-order valence-electron chi connectivity index (χ0n) is 16.9. The van der Waals surface area contributed by atoms with Crippen molar-refractivity contribution in [2.75, 3.05) is 32.1 Å². The van der Waals surface area contributed by atoms with Gasteiger partial charge in [-0.15, -0.1) is 11.3 Å². The lowest BCUT2D eigenvalue weighted by atomic mass is 10.0. The number of hydrogen-bond acceptors (Lipinski definition) is 6. The number of aromatic nitrogens is 2. The molecule has 1 fully saturated rings. The van der Waals surface area contributed by atoms with Gasteiger partial charge in [0.1, 0.15) is 16.5 Å². The number of carbonyl (C=O) groups excluding carboxylic acids is 1. The van der Waals surface area contributed by atoms with Gasteiger partial charge in [-0.25, -0.2) is 9.97 Å².